The van der Waals surface area contributed by atoms with Crippen molar-refractivity contribution in [3.05, 3.63) is 53.3 Å². The molecule has 0 amide bonds. The topological polar surface area (TPSA) is 26.2 Å². The number of fused-ring (bicyclic) bond motifs is 1. The van der Waals surface area contributed by atoms with Crippen molar-refractivity contribution in [1.29, 1.82) is 0 Å². The second kappa shape index (κ2) is 5.33. The van der Waals surface area contributed by atoms with E-state index in [1.165, 1.54) is 16.8 Å². The zero-order chi connectivity index (χ0) is 14.1. The zero-order valence-corrected chi connectivity index (χ0v) is 12.4. The summed E-state index contributed by atoms with van der Waals surface area (Å²) in [7, 11) is 1.99. The summed E-state index contributed by atoms with van der Waals surface area (Å²) in [6.07, 6.45) is 3.38. The molecule has 3 heteroatoms. The lowest BCUT2D eigenvalue weighted by Crippen LogP contribution is -2.24. The van der Waals surface area contributed by atoms with Crippen molar-refractivity contribution in [2.24, 2.45) is 0 Å². The first kappa shape index (κ1) is 13.3. The molecule has 3 rings (SSSR count). The molecule has 0 radical (unpaired) electrons. The van der Waals surface area contributed by atoms with Crippen LogP contribution in [0.3, 0.4) is 0 Å². The van der Waals surface area contributed by atoms with Gasteiger partial charge in [-0.05, 0) is 44.7 Å². The van der Waals surface area contributed by atoms with Crippen molar-refractivity contribution < 1.29 is 4.74 Å². The van der Waals surface area contributed by atoms with Gasteiger partial charge in [-0.25, -0.2) is 0 Å². The third kappa shape index (κ3) is 2.46. The van der Waals surface area contributed by atoms with E-state index >= 15 is 0 Å². The molecule has 106 valence electrons. The number of nitrogens with one attached hydrogen (secondary N) is 1. The van der Waals surface area contributed by atoms with Crippen molar-refractivity contribution in [1.82, 2.24) is 9.88 Å². The Bertz CT molecular complexity index is 603. The van der Waals surface area contributed by atoms with Crippen LogP contribution in [0.1, 0.15) is 29.8 Å². The van der Waals surface area contributed by atoms with Gasteiger partial charge in [0, 0.05) is 24.4 Å². The molecule has 1 aromatic carbocycles. The van der Waals surface area contributed by atoms with E-state index < -0.39 is 0 Å². The van der Waals surface area contributed by atoms with Crippen molar-refractivity contribution >= 4 is 0 Å². The minimum atomic E-state index is 0.238. The SMILES string of the molecule is CNC(C)c1cccn1CC1Cc2cc(C)ccc2O1. The lowest BCUT2D eigenvalue weighted by molar-refractivity contribution is 0.207. The normalized spacial score (nSPS) is 18.6. The van der Waals surface area contributed by atoms with Crippen LogP contribution in [0, 0.1) is 6.92 Å². The number of ether oxygens (including phenoxy) is 1. The molecule has 1 aliphatic rings. The van der Waals surface area contributed by atoms with Crippen LogP contribution in [0.4, 0.5) is 0 Å². The molecule has 2 unspecified atom stereocenters. The summed E-state index contributed by atoms with van der Waals surface area (Å²) in [6, 6.07) is 11.1. The quantitative estimate of drug-likeness (QED) is 0.924. The van der Waals surface area contributed by atoms with Gasteiger partial charge in [0.05, 0.1) is 6.54 Å². The molecule has 1 aromatic heterocycles. The Morgan fingerprint density at radius 2 is 2.25 bits per heavy atom. The molecule has 3 nitrogen and oxygen atoms in total. The Labute approximate surface area is 120 Å². The second-order valence-corrected chi connectivity index (χ2v) is 5.65. The second-order valence-electron chi connectivity index (χ2n) is 5.65. The highest BCUT2D eigenvalue weighted by Crippen LogP contribution is 2.30. The summed E-state index contributed by atoms with van der Waals surface area (Å²) in [5.74, 6) is 1.05. The predicted molar refractivity (Wildman–Crippen MR) is 81.2 cm³/mol. The van der Waals surface area contributed by atoms with E-state index in [0.29, 0.717) is 6.04 Å². The molecule has 2 heterocycles. The van der Waals surface area contributed by atoms with Gasteiger partial charge in [-0.15, -0.1) is 0 Å². The fourth-order valence-electron chi connectivity index (χ4n) is 2.90. The summed E-state index contributed by atoms with van der Waals surface area (Å²) in [6.45, 7) is 5.22. The maximum absolute atomic E-state index is 6.06. The Hall–Kier alpha value is -1.74. The number of rotatable bonds is 4. The van der Waals surface area contributed by atoms with Gasteiger partial charge in [0.2, 0.25) is 0 Å². The standard InChI is InChI=1S/C17H22N2O/c1-12-6-7-17-14(9-12)10-15(20-17)11-19-8-4-5-16(19)13(2)18-3/h4-9,13,15,18H,10-11H2,1-3H3. The molecule has 0 fully saturated rings. The first-order chi connectivity index (χ1) is 9.67. The molecular formula is C17H22N2O. The molecule has 2 aromatic rings. The number of hydrogen-bond donors (Lipinski definition) is 1. The van der Waals surface area contributed by atoms with Crippen LogP contribution in [0.5, 0.6) is 5.75 Å². The van der Waals surface area contributed by atoms with Crippen LogP contribution in [-0.2, 0) is 13.0 Å². The number of nitrogens with zero attached hydrogens (tertiary/aromatic N) is 1. The smallest absolute Gasteiger partial charge is 0.123 e. The lowest BCUT2D eigenvalue weighted by Gasteiger charge is -2.18. The van der Waals surface area contributed by atoms with Gasteiger partial charge in [0.25, 0.3) is 0 Å². The van der Waals surface area contributed by atoms with Crippen LogP contribution in [-0.4, -0.2) is 17.7 Å². The van der Waals surface area contributed by atoms with Gasteiger partial charge in [-0.2, -0.15) is 0 Å². The summed E-state index contributed by atoms with van der Waals surface area (Å²) in [5, 5.41) is 3.30. The lowest BCUT2D eigenvalue weighted by atomic mass is 10.1. The predicted octanol–water partition coefficient (Wildman–Crippen LogP) is 3.08. The molecular weight excluding hydrogens is 248 g/mol. The minimum absolute atomic E-state index is 0.238. The van der Waals surface area contributed by atoms with Crippen molar-refractivity contribution in [3.63, 3.8) is 0 Å². The summed E-state index contributed by atoms with van der Waals surface area (Å²) < 4.78 is 8.36. The fourth-order valence-corrected chi connectivity index (χ4v) is 2.90. The molecule has 0 aliphatic carbocycles. The van der Waals surface area contributed by atoms with Crippen molar-refractivity contribution in [3.8, 4) is 5.75 Å². The van der Waals surface area contributed by atoms with Crippen LogP contribution in [0.2, 0.25) is 0 Å². The Morgan fingerprint density at radius 1 is 1.40 bits per heavy atom. The van der Waals surface area contributed by atoms with Crippen molar-refractivity contribution in [2.75, 3.05) is 7.05 Å². The fraction of sp³-hybridized carbons (Fsp3) is 0.412. The van der Waals surface area contributed by atoms with Crippen LogP contribution in [0.15, 0.2) is 36.5 Å². The van der Waals surface area contributed by atoms with Crippen LogP contribution in [0.25, 0.3) is 0 Å². The molecule has 1 aliphatic heterocycles. The van der Waals surface area contributed by atoms with E-state index in [-0.39, 0.29) is 6.10 Å². The van der Waals surface area contributed by atoms with E-state index in [0.717, 1.165) is 18.7 Å². The van der Waals surface area contributed by atoms with Gasteiger partial charge in [0.1, 0.15) is 11.9 Å². The first-order valence-electron chi connectivity index (χ1n) is 7.26. The Morgan fingerprint density at radius 3 is 3.05 bits per heavy atom. The maximum Gasteiger partial charge on any atom is 0.123 e. The third-order valence-corrected chi connectivity index (χ3v) is 4.10. The van der Waals surface area contributed by atoms with Crippen molar-refractivity contribution in [2.45, 2.75) is 39.0 Å². The summed E-state index contributed by atoms with van der Waals surface area (Å²) >= 11 is 0. The van der Waals surface area contributed by atoms with E-state index in [4.69, 9.17) is 4.74 Å². The van der Waals surface area contributed by atoms with E-state index in [1.54, 1.807) is 0 Å². The van der Waals surface area contributed by atoms with Crippen LogP contribution < -0.4 is 10.1 Å². The highest BCUT2D eigenvalue weighted by molar-refractivity contribution is 5.40. The molecule has 0 bridgehead atoms. The number of benzene rings is 1. The molecule has 1 N–H and O–H groups in total. The number of hydrogen-bond acceptors (Lipinski definition) is 2. The monoisotopic (exact) mass is 270 g/mol. The summed E-state index contributed by atoms with van der Waals surface area (Å²) in [5.41, 5.74) is 3.95. The van der Waals surface area contributed by atoms with E-state index in [1.807, 2.05) is 7.05 Å². The number of aryl methyl sites for hydroxylation is 1. The molecule has 0 spiro atoms. The van der Waals surface area contributed by atoms with Gasteiger partial charge in [0.15, 0.2) is 0 Å². The largest absolute Gasteiger partial charge is 0.488 e. The molecule has 2 atom stereocenters. The molecule has 20 heavy (non-hydrogen) atoms. The van der Waals surface area contributed by atoms with Crippen LogP contribution >= 0.6 is 0 Å². The molecule has 0 saturated carbocycles. The summed E-state index contributed by atoms with van der Waals surface area (Å²) in [4.78, 5) is 0. The highest BCUT2D eigenvalue weighted by Gasteiger charge is 2.24. The Kier molecular flexibility index (Phi) is 3.53. The minimum Gasteiger partial charge on any atom is -0.488 e. The van der Waals surface area contributed by atoms with Gasteiger partial charge in [-0.3, -0.25) is 0 Å². The van der Waals surface area contributed by atoms with Gasteiger partial charge < -0.3 is 14.6 Å². The number of aromatic nitrogens is 1. The van der Waals surface area contributed by atoms with Gasteiger partial charge in [-0.1, -0.05) is 17.7 Å². The molecule has 0 saturated heterocycles. The first-order valence-corrected chi connectivity index (χ1v) is 7.26. The average Bonchev–Trinajstić information content (AvgIpc) is 3.04. The van der Waals surface area contributed by atoms with Gasteiger partial charge >= 0.3 is 0 Å². The third-order valence-electron chi connectivity index (χ3n) is 4.10. The average molecular weight is 270 g/mol. The Balaban J connectivity index is 1.73. The van der Waals surface area contributed by atoms with E-state index in [9.17, 15) is 0 Å². The van der Waals surface area contributed by atoms with E-state index in [2.05, 4.69) is 60.3 Å². The zero-order valence-electron chi connectivity index (χ0n) is 12.4. The maximum atomic E-state index is 6.06. The highest BCUT2D eigenvalue weighted by atomic mass is 16.5.